The second-order valence-electron chi connectivity index (χ2n) is 7.30. The molecule has 1 aromatic heterocycles. The molecule has 30 heavy (non-hydrogen) atoms. The first kappa shape index (κ1) is 21.6. The first-order chi connectivity index (χ1) is 14.2. The highest BCUT2D eigenvalue weighted by Crippen LogP contribution is 2.29. The van der Waals surface area contributed by atoms with Crippen molar-refractivity contribution in [3.8, 4) is 5.75 Å². The van der Waals surface area contributed by atoms with Crippen molar-refractivity contribution in [3.05, 3.63) is 69.1 Å². The van der Waals surface area contributed by atoms with Crippen molar-refractivity contribution in [1.29, 1.82) is 0 Å². The summed E-state index contributed by atoms with van der Waals surface area (Å²) in [6, 6.07) is 10.9. The van der Waals surface area contributed by atoms with E-state index in [1.165, 1.54) is 4.90 Å². The largest absolute Gasteiger partial charge is 0.422 e. The molecule has 0 spiro atoms. The molecule has 0 saturated carbocycles. The first-order valence-corrected chi connectivity index (χ1v) is 10.9. The van der Waals surface area contributed by atoms with E-state index in [2.05, 4.69) is 4.72 Å². The Bertz CT molecular complexity index is 1200. The number of carbonyl (C=O) groups excluding carboxylic acids is 1. The Morgan fingerprint density at radius 2 is 1.93 bits per heavy atom. The van der Waals surface area contributed by atoms with Crippen molar-refractivity contribution in [3.63, 3.8) is 0 Å². The van der Waals surface area contributed by atoms with E-state index in [-0.39, 0.29) is 0 Å². The van der Waals surface area contributed by atoms with E-state index in [1.807, 2.05) is 44.2 Å². The minimum absolute atomic E-state index is 0.350. The number of amides is 1. The van der Waals surface area contributed by atoms with Gasteiger partial charge in [0, 0.05) is 49.5 Å². The highest BCUT2D eigenvalue weighted by molar-refractivity contribution is 7.85. The van der Waals surface area contributed by atoms with Gasteiger partial charge in [-0.05, 0) is 48.7 Å². The van der Waals surface area contributed by atoms with E-state index >= 15 is 0 Å². The molecule has 1 unspecified atom stereocenters. The van der Waals surface area contributed by atoms with E-state index in [4.69, 9.17) is 9.15 Å². The summed E-state index contributed by atoms with van der Waals surface area (Å²) in [4.78, 5) is 25.9. The molecule has 0 aliphatic rings. The Kier molecular flexibility index (Phi) is 6.26. The maximum Gasteiger partial charge on any atom is 0.414 e. The number of ether oxygens (including phenoxy) is 1. The molecule has 2 aromatic carbocycles. The van der Waals surface area contributed by atoms with Crippen LogP contribution in [0.25, 0.3) is 11.0 Å². The van der Waals surface area contributed by atoms with E-state index in [1.54, 1.807) is 26.4 Å². The Hall–Kier alpha value is -3.13. The number of nitrogens with one attached hydrogen (secondary N) is 1. The third kappa shape index (κ3) is 4.71. The van der Waals surface area contributed by atoms with Crippen molar-refractivity contribution in [2.75, 3.05) is 25.1 Å². The second kappa shape index (κ2) is 8.71. The van der Waals surface area contributed by atoms with Gasteiger partial charge in [-0.1, -0.05) is 12.1 Å². The number of anilines is 1. The molecule has 3 aromatic rings. The molecule has 1 amide bonds. The van der Waals surface area contributed by atoms with Crippen LogP contribution in [0.1, 0.15) is 22.3 Å². The van der Waals surface area contributed by atoms with E-state index in [0.717, 1.165) is 27.8 Å². The van der Waals surface area contributed by atoms with Gasteiger partial charge in [-0.15, -0.1) is 0 Å². The van der Waals surface area contributed by atoms with Gasteiger partial charge < -0.3 is 18.8 Å². The van der Waals surface area contributed by atoms with Gasteiger partial charge in [0.05, 0.1) is 0 Å². The summed E-state index contributed by atoms with van der Waals surface area (Å²) >= 11 is 0. The fourth-order valence-corrected chi connectivity index (χ4v) is 3.60. The first-order valence-electron chi connectivity index (χ1n) is 9.30. The van der Waals surface area contributed by atoms with E-state index in [9.17, 15) is 13.8 Å². The van der Waals surface area contributed by atoms with Crippen LogP contribution in [-0.2, 0) is 17.4 Å². The molecular weight excluding hydrogens is 404 g/mol. The third-order valence-corrected chi connectivity index (χ3v) is 5.24. The smallest absolute Gasteiger partial charge is 0.414 e. The molecule has 1 atom stereocenters. The predicted molar refractivity (Wildman–Crippen MR) is 119 cm³/mol. The topological polar surface area (TPSA) is 88.9 Å². The molecule has 158 valence electrons. The average molecular weight is 429 g/mol. The lowest BCUT2D eigenvalue weighted by Crippen LogP contribution is -2.25. The summed E-state index contributed by atoms with van der Waals surface area (Å²) in [5.41, 5.74) is 3.67. The zero-order chi connectivity index (χ0) is 22.0. The normalized spacial score (nSPS) is 11.9. The number of fused-ring (bicyclic) bond motifs is 1. The number of nitrogens with zero attached hydrogens (tertiary/aromatic N) is 1. The van der Waals surface area contributed by atoms with Gasteiger partial charge in [0.1, 0.15) is 22.3 Å². The maximum absolute atomic E-state index is 12.7. The van der Waals surface area contributed by atoms with Crippen LogP contribution < -0.4 is 15.1 Å². The van der Waals surface area contributed by atoms with Crippen molar-refractivity contribution in [2.24, 2.45) is 0 Å². The van der Waals surface area contributed by atoms with Crippen LogP contribution in [0.3, 0.4) is 0 Å². The van der Waals surface area contributed by atoms with E-state index < -0.39 is 22.7 Å². The SMILES string of the molecule is Cc1cc2c(C)c(Cc3cccc(NS(C)=O)c3)c(=O)oc2cc1OC(=O)N(C)C. The molecule has 0 radical (unpaired) electrons. The van der Waals surface area contributed by atoms with Crippen molar-refractivity contribution < 1.29 is 18.2 Å². The average Bonchev–Trinajstić information content (AvgIpc) is 2.66. The fraction of sp³-hybridized carbons (Fsp3) is 0.273. The Balaban J connectivity index is 2.00. The summed E-state index contributed by atoms with van der Waals surface area (Å²) in [6.07, 6.45) is 1.43. The van der Waals surface area contributed by atoms with Crippen LogP contribution in [0.15, 0.2) is 45.6 Å². The highest BCUT2D eigenvalue weighted by Gasteiger charge is 2.16. The summed E-state index contributed by atoms with van der Waals surface area (Å²) in [5, 5.41) is 0.788. The molecule has 7 nitrogen and oxygen atoms in total. The monoisotopic (exact) mass is 428 g/mol. The van der Waals surface area contributed by atoms with Crippen molar-refractivity contribution >= 4 is 33.7 Å². The van der Waals surface area contributed by atoms with E-state index in [0.29, 0.717) is 23.3 Å². The Morgan fingerprint density at radius 3 is 2.60 bits per heavy atom. The highest BCUT2D eigenvalue weighted by atomic mass is 32.2. The molecule has 0 bridgehead atoms. The predicted octanol–water partition coefficient (Wildman–Crippen LogP) is 3.77. The number of aryl methyl sites for hydroxylation is 2. The summed E-state index contributed by atoms with van der Waals surface area (Å²) < 4.78 is 25.2. The number of rotatable bonds is 5. The van der Waals surface area contributed by atoms with Crippen LogP contribution >= 0.6 is 0 Å². The molecule has 0 aliphatic heterocycles. The van der Waals surface area contributed by atoms with Crippen LogP contribution in [0, 0.1) is 13.8 Å². The van der Waals surface area contributed by atoms with Gasteiger partial charge in [-0.25, -0.2) is 13.8 Å². The molecule has 1 heterocycles. The molecule has 1 N–H and O–H groups in total. The lowest BCUT2D eigenvalue weighted by Gasteiger charge is -2.14. The lowest BCUT2D eigenvalue weighted by atomic mass is 9.98. The second-order valence-corrected chi connectivity index (χ2v) is 8.42. The minimum Gasteiger partial charge on any atom is -0.422 e. The molecule has 8 heteroatoms. The third-order valence-electron chi connectivity index (χ3n) is 4.71. The molecular formula is C22H24N2O5S. The quantitative estimate of drug-likeness (QED) is 0.625. The summed E-state index contributed by atoms with van der Waals surface area (Å²) in [6.45, 7) is 3.71. The van der Waals surface area contributed by atoms with Crippen LogP contribution in [-0.4, -0.2) is 35.6 Å². The number of benzene rings is 2. The lowest BCUT2D eigenvalue weighted by molar-refractivity contribution is 0.171. The van der Waals surface area contributed by atoms with Gasteiger partial charge in [0.25, 0.3) is 0 Å². The fourth-order valence-electron chi connectivity index (χ4n) is 3.14. The molecule has 0 fully saturated rings. The van der Waals surface area contributed by atoms with Crippen LogP contribution in [0.5, 0.6) is 5.75 Å². The molecule has 0 aliphatic carbocycles. The van der Waals surface area contributed by atoms with Crippen LogP contribution in [0.4, 0.5) is 10.5 Å². The Labute approximate surface area is 177 Å². The number of hydrogen-bond donors (Lipinski definition) is 1. The minimum atomic E-state index is -1.18. The standard InChI is InChI=1S/C22H24N2O5S/c1-13-9-17-14(2)18(11-15-7-6-8-16(10-15)23-30(5)27)21(25)28-20(17)12-19(13)29-22(26)24(3)4/h6-10,12,23H,11H2,1-5H3. The maximum atomic E-state index is 12.7. The van der Waals surface area contributed by atoms with Gasteiger partial charge in [0.15, 0.2) is 0 Å². The van der Waals surface area contributed by atoms with Gasteiger partial charge in [-0.2, -0.15) is 0 Å². The molecule has 3 rings (SSSR count). The number of hydrogen-bond acceptors (Lipinski definition) is 5. The van der Waals surface area contributed by atoms with Gasteiger partial charge >= 0.3 is 11.7 Å². The Morgan fingerprint density at radius 1 is 1.20 bits per heavy atom. The summed E-state index contributed by atoms with van der Waals surface area (Å²) in [7, 11) is 2.01. The van der Waals surface area contributed by atoms with Crippen molar-refractivity contribution in [1.82, 2.24) is 4.90 Å². The van der Waals surface area contributed by atoms with Crippen molar-refractivity contribution in [2.45, 2.75) is 20.3 Å². The number of carbonyl (C=O) groups is 1. The van der Waals surface area contributed by atoms with Gasteiger partial charge in [0.2, 0.25) is 0 Å². The zero-order valence-electron chi connectivity index (χ0n) is 17.6. The summed E-state index contributed by atoms with van der Waals surface area (Å²) in [5.74, 6) is 0.350. The molecule has 0 saturated heterocycles. The van der Waals surface area contributed by atoms with Crippen LogP contribution in [0.2, 0.25) is 0 Å². The zero-order valence-corrected chi connectivity index (χ0v) is 18.4. The van der Waals surface area contributed by atoms with Gasteiger partial charge in [-0.3, -0.25) is 0 Å².